The summed E-state index contributed by atoms with van der Waals surface area (Å²) in [4.78, 5) is 15.2. The topological polar surface area (TPSA) is 66.5 Å². The molecule has 2 N–H and O–H groups in total. The third-order valence-corrected chi connectivity index (χ3v) is 2.50. The molecule has 0 bridgehead atoms. The SMILES string of the molecule is [Fe].[c-]1[c-][c-][c-](CNc2ncnc3nc[nH]c23)[c-]1.[c-]1[c-][c-][cH-][c-]1. The third kappa shape index (κ3) is 4.04. The van der Waals surface area contributed by atoms with Crippen molar-refractivity contribution in [3.8, 4) is 0 Å². The van der Waals surface area contributed by atoms with E-state index >= 15 is 0 Å². The minimum atomic E-state index is 0. The summed E-state index contributed by atoms with van der Waals surface area (Å²) in [5.74, 6) is 0.713. The first-order chi connectivity index (χ1) is 10.4. The Labute approximate surface area is 139 Å². The molecule has 0 spiro atoms. The standard InChI is InChI=1S/C11H6N5.C5H.Fe/c1-2-4-8(3-1)5-12-10-9-11(14-6-13-9)16-7-15-10;1-2-4-5-3-1;/h6-7H,5H2,(H2,12,13,14,15,16);1H;/q2*-5;. The number of nitrogens with zero attached hydrogens (tertiary/aromatic N) is 3. The Bertz CT molecular complexity index is 742. The van der Waals surface area contributed by atoms with Gasteiger partial charge in [0.15, 0.2) is 11.5 Å². The van der Waals surface area contributed by atoms with Gasteiger partial charge in [0.2, 0.25) is 0 Å². The van der Waals surface area contributed by atoms with Crippen LogP contribution in [-0.2, 0) is 23.6 Å². The van der Waals surface area contributed by atoms with Gasteiger partial charge in [-0.1, -0.05) is 0 Å². The Hall–Kier alpha value is -2.43. The first kappa shape index (κ1) is 15.9. The molecule has 5 nitrogen and oxygen atoms in total. The van der Waals surface area contributed by atoms with Crippen molar-refractivity contribution in [1.82, 2.24) is 19.9 Å². The van der Waals surface area contributed by atoms with E-state index in [0.29, 0.717) is 18.0 Å². The summed E-state index contributed by atoms with van der Waals surface area (Å²) >= 11 is 0. The van der Waals surface area contributed by atoms with E-state index < -0.39 is 0 Å². The number of aromatic nitrogens is 4. The van der Waals surface area contributed by atoms with Gasteiger partial charge in [0.05, 0.1) is 6.33 Å². The van der Waals surface area contributed by atoms with Gasteiger partial charge >= 0.3 is 0 Å². The number of hydrogen-bond acceptors (Lipinski definition) is 4. The fraction of sp³-hybridized carbons (Fsp3) is 0.0625. The number of rotatable bonds is 3. The van der Waals surface area contributed by atoms with E-state index in [4.69, 9.17) is 0 Å². The van der Waals surface area contributed by atoms with Gasteiger partial charge in [-0.3, -0.25) is 0 Å². The van der Waals surface area contributed by atoms with Crippen LogP contribution in [0.2, 0.25) is 0 Å². The molecule has 2 aromatic carbocycles. The van der Waals surface area contributed by atoms with Crippen LogP contribution in [0.5, 0.6) is 0 Å². The van der Waals surface area contributed by atoms with Crippen molar-refractivity contribution in [2.75, 3.05) is 5.32 Å². The summed E-state index contributed by atoms with van der Waals surface area (Å²) < 4.78 is 0. The fourth-order valence-corrected chi connectivity index (χ4v) is 1.58. The van der Waals surface area contributed by atoms with E-state index in [9.17, 15) is 0 Å². The predicted molar refractivity (Wildman–Crippen MR) is 73.8 cm³/mol. The molecular weight excluding hydrogens is 318 g/mol. The molecule has 2 heterocycles. The molecular formula is C16H7FeN5-10. The Morgan fingerprint density at radius 1 is 1.09 bits per heavy atom. The summed E-state index contributed by atoms with van der Waals surface area (Å²) in [5, 5.41) is 3.15. The van der Waals surface area contributed by atoms with E-state index in [-0.39, 0.29) is 17.1 Å². The maximum atomic E-state index is 4.14. The van der Waals surface area contributed by atoms with Crippen LogP contribution in [0.25, 0.3) is 11.2 Å². The first-order valence-electron chi connectivity index (χ1n) is 6.02. The van der Waals surface area contributed by atoms with Gasteiger partial charge in [0.1, 0.15) is 11.8 Å². The van der Waals surface area contributed by atoms with Crippen molar-refractivity contribution in [2.45, 2.75) is 6.54 Å². The van der Waals surface area contributed by atoms with Gasteiger partial charge in [-0.25, -0.2) is 15.0 Å². The zero-order valence-corrected chi connectivity index (χ0v) is 12.2. The summed E-state index contributed by atoms with van der Waals surface area (Å²) in [5.41, 5.74) is 2.30. The molecule has 0 unspecified atom stereocenters. The van der Waals surface area contributed by atoms with Crippen LogP contribution in [0.4, 0.5) is 5.82 Å². The van der Waals surface area contributed by atoms with E-state index in [0.717, 1.165) is 11.1 Å². The fourth-order valence-electron chi connectivity index (χ4n) is 1.58. The molecule has 0 aliphatic rings. The van der Waals surface area contributed by atoms with E-state index in [1.807, 2.05) is 0 Å². The smallest absolute Gasteiger partial charge is 0.182 e. The van der Waals surface area contributed by atoms with Gasteiger partial charge in [0, 0.05) is 17.1 Å². The maximum Gasteiger partial charge on any atom is 0.182 e. The maximum absolute atomic E-state index is 4.14. The van der Waals surface area contributed by atoms with Crippen molar-refractivity contribution in [3.63, 3.8) is 0 Å². The summed E-state index contributed by atoms with van der Waals surface area (Å²) in [7, 11) is 0. The first-order valence-corrected chi connectivity index (χ1v) is 6.02. The Kier molecular flexibility index (Phi) is 5.89. The van der Waals surface area contributed by atoms with Crippen molar-refractivity contribution in [3.05, 3.63) is 72.8 Å². The van der Waals surface area contributed by atoms with Crippen LogP contribution >= 0.6 is 0 Å². The largest absolute Gasteiger partial charge is 0.999 e. The molecule has 0 atom stereocenters. The average Bonchev–Trinajstić information content (AvgIpc) is 3.28. The molecule has 0 amide bonds. The zero-order chi connectivity index (χ0) is 14.3. The number of H-pyrrole nitrogens is 1. The van der Waals surface area contributed by atoms with Crippen molar-refractivity contribution in [1.29, 1.82) is 0 Å². The molecule has 0 saturated carbocycles. The van der Waals surface area contributed by atoms with Gasteiger partial charge < -0.3 is 70.5 Å². The normalized spacial score (nSPS) is 9.64. The number of nitrogens with one attached hydrogen (secondary N) is 2. The molecule has 22 heavy (non-hydrogen) atoms. The second-order valence-corrected chi connectivity index (χ2v) is 3.84. The van der Waals surface area contributed by atoms with Crippen LogP contribution in [0, 0.1) is 48.5 Å². The zero-order valence-electron chi connectivity index (χ0n) is 11.1. The molecule has 0 saturated heterocycles. The molecule has 114 valence electrons. The molecule has 4 rings (SSSR count). The second-order valence-electron chi connectivity index (χ2n) is 3.84. The summed E-state index contributed by atoms with van der Waals surface area (Å²) in [6, 6.07) is 23.2. The summed E-state index contributed by atoms with van der Waals surface area (Å²) in [6.07, 6.45) is 3.06. The van der Waals surface area contributed by atoms with Crippen LogP contribution in [0.3, 0.4) is 0 Å². The molecule has 6 heteroatoms. The van der Waals surface area contributed by atoms with E-state index in [1.165, 1.54) is 6.33 Å². The summed E-state index contributed by atoms with van der Waals surface area (Å²) in [6.45, 7) is 0.575. The number of anilines is 1. The third-order valence-electron chi connectivity index (χ3n) is 2.50. The minimum absolute atomic E-state index is 0. The van der Waals surface area contributed by atoms with Gasteiger partial charge in [-0.05, 0) is 0 Å². The van der Waals surface area contributed by atoms with Crippen molar-refractivity contribution >= 4 is 17.0 Å². The van der Waals surface area contributed by atoms with Gasteiger partial charge in [-0.15, -0.1) is 6.54 Å². The molecule has 0 aliphatic heterocycles. The molecule has 0 fully saturated rings. The van der Waals surface area contributed by atoms with Crippen LogP contribution < -0.4 is 5.32 Å². The Balaban J connectivity index is 0.000000253. The van der Waals surface area contributed by atoms with Gasteiger partial charge in [-0.2, -0.15) is 0 Å². The van der Waals surface area contributed by atoms with Crippen LogP contribution in [0.15, 0.2) is 18.7 Å². The molecule has 2 aromatic heterocycles. The molecule has 0 aliphatic carbocycles. The van der Waals surface area contributed by atoms with Crippen LogP contribution in [-0.4, -0.2) is 19.9 Å². The predicted octanol–water partition coefficient (Wildman–Crippen LogP) is 1.49. The average molecular weight is 325 g/mol. The number of imidazole rings is 1. The monoisotopic (exact) mass is 325 g/mol. The van der Waals surface area contributed by atoms with E-state index in [1.54, 1.807) is 12.4 Å². The number of aromatic amines is 1. The van der Waals surface area contributed by atoms with Gasteiger partial charge in [0.25, 0.3) is 0 Å². The van der Waals surface area contributed by atoms with E-state index in [2.05, 4.69) is 73.8 Å². The Morgan fingerprint density at radius 3 is 2.55 bits per heavy atom. The second kappa shape index (κ2) is 8.12. The molecule has 0 radical (unpaired) electrons. The minimum Gasteiger partial charge on any atom is -0.999 e. The quantitative estimate of drug-likeness (QED) is 0.442. The van der Waals surface area contributed by atoms with Crippen molar-refractivity contribution in [2.24, 2.45) is 0 Å². The van der Waals surface area contributed by atoms with Crippen LogP contribution in [0.1, 0.15) is 5.56 Å². The van der Waals surface area contributed by atoms with Crippen molar-refractivity contribution < 1.29 is 17.1 Å². The Morgan fingerprint density at radius 2 is 1.86 bits per heavy atom. The number of hydrogen-bond donors (Lipinski definition) is 2. The number of fused-ring (bicyclic) bond motifs is 1. The molecule has 4 aromatic rings.